The summed E-state index contributed by atoms with van der Waals surface area (Å²) >= 11 is 5.94. The van der Waals surface area contributed by atoms with Gasteiger partial charge in [0.25, 0.3) is 0 Å². The molecule has 88 valence electrons. The quantitative estimate of drug-likeness (QED) is 0.798. The minimum atomic E-state index is 0.415. The third-order valence-corrected chi connectivity index (χ3v) is 3.48. The van der Waals surface area contributed by atoms with Gasteiger partial charge < -0.3 is 10.1 Å². The van der Waals surface area contributed by atoms with Crippen LogP contribution >= 0.6 is 11.6 Å². The van der Waals surface area contributed by atoms with Crippen molar-refractivity contribution in [2.75, 3.05) is 13.7 Å². The molecule has 0 bridgehead atoms. The van der Waals surface area contributed by atoms with Crippen molar-refractivity contribution < 1.29 is 4.74 Å². The Morgan fingerprint density at radius 1 is 1.38 bits per heavy atom. The van der Waals surface area contributed by atoms with Crippen molar-refractivity contribution in [2.45, 2.75) is 24.8 Å². The standard InChI is InChI=1S/C13H18ClNO/c1-16-13-5-3-2-4-11(13)9-15-8-10-6-12(14)7-10/h2-5,10,12,15H,6-9H2,1H3. The Hall–Kier alpha value is -0.730. The van der Waals surface area contributed by atoms with Gasteiger partial charge in [-0.3, -0.25) is 0 Å². The van der Waals surface area contributed by atoms with E-state index in [9.17, 15) is 0 Å². The number of alkyl halides is 1. The molecule has 0 aromatic heterocycles. The molecule has 16 heavy (non-hydrogen) atoms. The number of halogens is 1. The lowest BCUT2D eigenvalue weighted by Crippen LogP contribution is -2.33. The van der Waals surface area contributed by atoms with Gasteiger partial charge in [0.05, 0.1) is 7.11 Å². The van der Waals surface area contributed by atoms with Gasteiger partial charge in [-0.05, 0) is 31.4 Å². The number of benzene rings is 1. The third kappa shape index (κ3) is 2.89. The summed E-state index contributed by atoms with van der Waals surface area (Å²) in [6, 6.07) is 8.12. The fourth-order valence-electron chi connectivity index (χ4n) is 2.08. The van der Waals surface area contributed by atoms with Gasteiger partial charge in [0.1, 0.15) is 5.75 Å². The molecule has 0 amide bonds. The SMILES string of the molecule is COc1ccccc1CNCC1CC(Cl)C1. The van der Waals surface area contributed by atoms with E-state index in [4.69, 9.17) is 16.3 Å². The summed E-state index contributed by atoms with van der Waals surface area (Å²) in [6.45, 7) is 1.93. The number of hydrogen-bond donors (Lipinski definition) is 1. The fraction of sp³-hybridized carbons (Fsp3) is 0.538. The summed E-state index contributed by atoms with van der Waals surface area (Å²) in [7, 11) is 1.71. The van der Waals surface area contributed by atoms with Crippen LogP contribution in [-0.4, -0.2) is 19.0 Å². The summed E-state index contributed by atoms with van der Waals surface area (Å²) in [5.74, 6) is 1.72. The van der Waals surface area contributed by atoms with Crippen molar-refractivity contribution in [1.82, 2.24) is 5.32 Å². The molecule has 2 rings (SSSR count). The van der Waals surface area contributed by atoms with Gasteiger partial charge >= 0.3 is 0 Å². The highest BCUT2D eigenvalue weighted by molar-refractivity contribution is 6.21. The molecule has 0 radical (unpaired) electrons. The number of methoxy groups -OCH3 is 1. The number of rotatable bonds is 5. The maximum atomic E-state index is 5.94. The average molecular weight is 240 g/mol. The summed E-state index contributed by atoms with van der Waals surface area (Å²) in [5, 5.41) is 3.88. The van der Waals surface area contributed by atoms with Gasteiger partial charge in [-0.1, -0.05) is 18.2 Å². The summed E-state index contributed by atoms with van der Waals surface area (Å²) in [6.07, 6.45) is 2.31. The first-order chi connectivity index (χ1) is 7.79. The van der Waals surface area contributed by atoms with E-state index < -0.39 is 0 Å². The van der Waals surface area contributed by atoms with E-state index in [2.05, 4.69) is 11.4 Å². The normalized spacial score (nSPS) is 23.9. The molecule has 0 spiro atoms. The zero-order valence-electron chi connectivity index (χ0n) is 9.58. The van der Waals surface area contributed by atoms with Gasteiger partial charge in [0.2, 0.25) is 0 Å². The summed E-state index contributed by atoms with van der Waals surface area (Å²) < 4.78 is 5.30. The van der Waals surface area contributed by atoms with Crippen molar-refractivity contribution in [1.29, 1.82) is 0 Å². The Balaban J connectivity index is 1.76. The van der Waals surface area contributed by atoms with Crippen LogP contribution in [0.25, 0.3) is 0 Å². The Labute approximate surface area is 102 Å². The maximum absolute atomic E-state index is 5.94. The van der Waals surface area contributed by atoms with E-state index in [1.807, 2.05) is 18.2 Å². The maximum Gasteiger partial charge on any atom is 0.123 e. The zero-order valence-corrected chi connectivity index (χ0v) is 10.3. The Bertz CT molecular complexity index is 336. The first-order valence-electron chi connectivity index (χ1n) is 5.76. The van der Waals surface area contributed by atoms with Gasteiger partial charge in [0, 0.05) is 17.5 Å². The van der Waals surface area contributed by atoms with Crippen molar-refractivity contribution in [2.24, 2.45) is 5.92 Å². The summed E-state index contributed by atoms with van der Waals surface area (Å²) in [4.78, 5) is 0. The van der Waals surface area contributed by atoms with Crippen LogP contribution in [0.2, 0.25) is 0 Å². The molecule has 0 heterocycles. The van der Waals surface area contributed by atoms with Gasteiger partial charge in [-0.15, -0.1) is 11.6 Å². The number of hydrogen-bond acceptors (Lipinski definition) is 2. The molecular formula is C13H18ClNO. The van der Waals surface area contributed by atoms with Crippen molar-refractivity contribution in [3.63, 3.8) is 0 Å². The first-order valence-corrected chi connectivity index (χ1v) is 6.20. The van der Waals surface area contributed by atoms with Crippen LogP contribution in [0.3, 0.4) is 0 Å². The van der Waals surface area contributed by atoms with Crippen LogP contribution in [0.1, 0.15) is 18.4 Å². The van der Waals surface area contributed by atoms with Crippen LogP contribution in [0, 0.1) is 5.92 Å². The van der Waals surface area contributed by atoms with E-state index in [0.717, 1.165) is 37.6 Å². The van der Waals surface area contributed by atoms with E-state index in [1.54, 1.807) is 7.11 Å². The Kier molecular flexibility index (Phi) is 4.08. The molecule has 1 aromatic carbocycles. The van der Waals surface area contributed by atoms with Crippen LogP contribution in [0.15, 0.2) is 24.3 Å². The molecule has 1 N–H and O–H groups in total. The molecule has 0 unspecified atom stereocenters. The van der Waals surface area contributed by atoms with Crippen molar-refractivity contribution >= 4 is 11.6 Å². The molecule has 0 aliphatic heterocycles. The number of nitrogens with one attached hydrogen (secondary N) is 1. The highest BCUT2D eigenvalue weighted by Crippen LogP contribution is 2.31. The number of para-hydroxylation sites is 1. The molecule has 0 saturated heterocycles. The molecule has 1 aliphatic carbocycles. The first kappa shape index (κ1) is 11.7. The van der Waals surface area contributed by atoms with E-state index in [-0.39, 0.29) is 0 Å². The Morgan fingerprint density at radius 3 is 2.81 bits per heavy atom. The molecular weight excluding hydrogens is 222 g/mol. The molecule has 1 aliphatic rings. The predicted octanol–water partition coefficient (Wildman–Crippen LogP) is 2.80. The molecule has 1 fully saturated rings. The highest BCUT2D eigenvalue weighted by atomic mass is 35.5. The molecule has 1 aromatic rings. The lowest BCUT2D eigenvalue weighted by molar-refractivity contribution is 0.307. The largest absolute Gasteiger partial charge is 0.496 e. The van der Waals surface area contributed by atoms with Gasteiger partial charge in [-0.25, -0.2) is 0 Å². The minimum absolute atomic E-state index is 0.415. The lowest BCUT2D eigenvalue weighted by Gasteiger charge is -2.31. The molecule has 0 atom stereocenters. The fourth-order valence-corrected chi connectivity index (χ4v) is 2.58. The van der Waals surface area contributed by atoms with Crippen LogP contribution in [0.4, 0.5) is 0 Å². The minimum Gasteiger partial charge on any atom is -0.496 e. The second kappa shape index (κ2) is 5.55. The molecule has 3 heteroatoms. The van der Waals surface area contributed by atoms with E-state index >= 15 is 0 Å². The Morgan fingerprint density at radius 2 is 2.12 bits per heavy atom. The van der Waals surface area contributed by atoms with Gasteiger partial charge in [0.15, 0.2) is 0 Å². The van der Waals surface area contributed by atoms with Crippen molar-refractivity contribution in [3.05, 3.63) is 29.8 Å². The van der Waals surface area contributed by atoms with Crippen molar-refractivity contribution in [3.8, 4) is 5.75 Å². The molecule has 1 saturated carbocycles. The highest BCUT2D eigenvalue weighted by Gasteiger charge is 2.26. The van der Waals surface area contributed by atoms with E-state index in [0.29, 0.717) is 5.38 Å². The van der Waals surface area contributed by atoms with Gasteiger partial charge in [-0.2, -0.15) is 0 Å². The summed E-state index contributed by atoms with van der Waals surface area (Å²) in [5.41, 5.74) is 1.21. The lowest BCUT2D eigenvalue weighted by atomic mass is 9.85. The van der Waals surface area contributed by atoms with Crippen LogP contribution < -0.4 is 10.1 Å². The zero-order chi connectivity index (χ0) is 11.4. The second-order valence-corrected chi connectivity index (χ2v) is 4.99. The second-order valence-electron chi connectivity index (χ2n) is 4.38. The predicted molar refractivity (Wildman–Crippen MR) is 67.1 cm³/mol. The molecule has 2 nitrogen and oxygen atoms in total. The monoisotopic (exact) mass is 239 g/mol. The van der Waals surface area contributed by atoms with Crippen LogP contribution in [0.5, 0.6) is 5.75 Å². The van der Waals surface area contributed by atoms with Crippen LogP contribution in [-0.2, 0) is 6.54 Å². The average Bonchev–Trinajstić information content (AvgIpc) is 2.27. The smallest absolute Gasteiger partial charge is 0.123 e. The third-order valence-electron chi connectivity index (χ3n) is 3.12. The number of ether oxygens (including phenoxy) is 1. The van der Waals surface area contributed by atoms with E-state index in [1.165, 1.54) is 5.56 Å². The topological polar surface area (TPSA) is 21.3 Å².